The van der Waals surface area contributed by atoms with Crippen molar-refractivity contribution in [3.63, 3.8) is 0 Å². The molecule has 0 aliphatic rings. The van der Waals surface area contributed by atoms with Gasteiger partial charge < -0.3 is 5.73 Å². The topological polar surface area (TPSA) is 26.0 Å². The Balaban J connectivity index is 2.84. The maximum atomic E-state index is 5.46. The van der Waals surface area contributed by atoms with Gasteiger partial charge in [-0.15, -0.1) is 11.3 Å². The van der Waals surface area contributed by atoms with Gasteiger partial charge in [-0.05, 0) is 12.5 Å². The van der Waals surface area contributed by atoms with Gasteiger partial charge in [0.2, 0.25) is 0 Å². The summed E-state index contributed by atoms with van der Waals surface area (Å²) < 4.78 is 0. The van der Waals surface area contributed by atoms with E-state index in [9.17, 15) is 0 Å². The van der Waals surface area contributed by atoms with E-state index in [0.717, 1.165) is 12.1 Å². The highest BCUT2D eigenvalue weighted by Gasteiger charge is 1.90. The van der Waals surface area contributed by atoms with Crippen LogP contribution in [-0.2, 0) is 6.42 Å². The Kier molecular flexibility index (Phi) is 1.53. The molecule has 0 saturated carbocycles. The van der Waals surface area contributed by atoms with Crippen molar-refractivity contribution in [2.75, 3.05) is 5.73 Å². The quantitative estimate of drug-likeness (QED) is 0.612. The Labute approximate surface area is 53.1 Å². The monoisotopic (exact) mass is 127 g/mol. The van der Waals surface area contributed by atoms with Crippen molar-refractivity contribution >= 4 is 17.0 Å². The van der Waals surface area contributed by atoms with Crippen molar-refractivity contribution in [2.24, 2.45) is 0 Å². The van der Waals surface area contributed by atoms with Crippen LogP contribution in [-0.4, -0.2) is 0 Å². The maximum absolute atomic E-state index is 5.46. The van der Waals surface area contributed by atoms with Crippen molar-refractivity contribution in [1.29, 1.82) is 0 Å². The third-order valence-electron chi connectivity index (χ3n) is 1.02. The van der Waals surface area contributed by atoms with Crippen LogP contribution in [0.5, 0.6) is 0 Å². The van der Waals surface area contributed by atoms with Crippen molar-refractivity contribution in [1.82, 2.24) is 0 Å². The Hall–Kier alpha value is -0.500. The summed E-state index contributed by atoms with van der Waals surface area (Å²) in [4.78, 5) is 1.36. The molecule has 0 saturated heterocycles. The lowest BCUT2D eigenvalue weighted by molar-refractivity contribution is 1.19. The molecule has 0 spiro atoms. The Morgan fingerprint density at radius 1 is 1.75 bits per heavy atom. The van der Waals surface area contributed by atoms with Crippen LogP contribution in [0.3, 0.4) is 0 Å². The normalized spacial score (nSPS) is 9.62. The van der Waals surface area contributed by atoms with Crippen molar-refractivity contribution in [3.05, 3.63) is 16.3 Å². The first-order valence-corrected chi connectivity index (χ1v) is 3.53. The fourth-order valence-electron chi connectivity index (χ4n) is 0.583. The smallest absolute Gasteiger partial charge is 0.0425 e. The number of rotatable bonds is 1. The third kappa shape index (κ3) is 1.01. The van der Waals surface area contributed by atoms with E-state index in [1.54, 1.807) is 11.3 Å². The number of nitrogen functional groups attached to an aromatic ring is 1. The van der Waals surface area contributed by atoms with Crippen LogP contribution in [0.4, 0.5) is 5.69 Å². The van der Waals surface area contributed by atoms with Gasteiger partial charge >= 0.3 is 0 Å². The average Bonchev–Trinajstić information content (AvgIpc) is 2.14. The molecule has 0 aromatic carbocycles. The fraction of sp³-hybridized carbons (Fsp3) is 0.333. The molecular formula is C6H9NS. The average molecular weight is 127 g/mol. The van der Waals surface area contributed by atoms with E-state index in [1.807, 2.05) is 11.4 Å². The van der Waals surface area contributed by atoms with Crippen LogP contribution >= 0.6 is 11.3 Å². The number of hydrogen-bond donors (Lipinski definition) is 1. The predicted molar refractivity (Wildman–Crippen MR) is 38.1 cm³/mol. The SMILES string of the molecule is CCc1cc(N)cs1. The van der Waals surface area contributed by atoms with E-state index in [4.69, 9.17) is 5.73 Å². The zero-order valence-corrected chi connectivity index (χ0v) is 5.66. The Bertz CT molecular complexity index is 169. The summed E-state index contributed by atoms with van der Waals surface area (Å²) in [6, 6.07) is 2.02. The lowest BCUT2D eigenvalue weighted by atomic mass is 10.4. The highest BCUT2D eigenvalue weighted by atomic mass is 32.1. The predicted octanol–water partition coefficient (Wildman–Crippen LogP) is 1.89. The minimum Gasteiger partial charge on any atom is -0.398 e. The van der Waals surface area contributed by atoms with E-state index in [-0.39, 0.29) is 0 Å². The van der Waals surface area contributed by atoms with Gasteiger partial charge in [-0.2, -0.15) is 0 Å². The summed E-state index contributed by atoms with van der Waals surface area (Å²) in [5, 5.41) is 1.97. The zero-order valence-electron chi connectivity index (χ0n) is 4.85. The summed E-state index contributed by atoms with van der Waals surface area (Å²) in [6.45, 7) is 2.13. The molecule has 1 aromatic heterocycles. The van der Waals surface area contributed by atoms with Crippen LogP contribution < -0.4 is 5.73 Å². The van der Waals surface area contributed by atoms with Gasteiger partial charge in [0.15, 0.2) is 0 Å². The number of thiophene rings is 1. The van der Waals surface area contributed by atoms with E-state index in [0.29, 0.717) is 0 Å². The lowest BCUT2D eigenvalue weighted by Gasteiger charge is -1.80. The van der Waals surface area contributed by atoms with Crippen LogP contribution in [0, 0.1) is 0 Å². The molecule has 2 N–H and O–H groups in total. The van der Waals surface area contributed by atoms with Crippen LogP contribution in [0.1, 0.15) is 11.8 Å². The second kappa shape index (κ2) is 2.18. The van der Waals surface area contributed by atoms with E-state index < -0.39 is 0 Å². The largest absolute Gasteiger partial charge is 0.398 e. The van der Waals surface area contributed by atoms with Crippen molar-refractivity contribution in [3.8, 4) is 0 Å². The zero-order chi connectivity index (χ0) is 5.98. The first-order valence-electron chi connectivity index (χ1n) is 2.66. The standard InChI is InChI=1S/C6H9NS/c1-2-6-3-5(7)4-8-6/h3-4H,2,7H2,1H3. The molecule has 0 aliphatic carbocycles. The highest BCUT2D eigenvalue weighted by Crippen LogP contribution is 2.15. The summed E-state index contributed by atoms with van der Waals surface area (Å²) in [5.74, 6) is 0. The second-order valence-electron chi connectivity index (χ2n) is 1.70. The summed E-state index contributed by atoms with van der Waals surface area (Å²) in [5.41, 5.74) is 6.36. The van der Waals surface area contributed by atoms with Crippen LogP contribution in [0.2, 0.25) is 0 Å². The molecule has 0 unspecified atom stereocenters. The molecule has 1 nitrogen and oxygen atoms in total. The Morgan fingerprint density at radius 3 is 2.75 bits per heavy atom. The number of aryl methyl sites for hydroxylation is 1. The van der Waals surface area contributed by atoms with Gasteiger partial charge in [-0.3, -0.25) is 0 Å². The molecule has 0 fully saturated rings. The molecule has 8 heavy (non-hydrogen) atoms. The number of nitrogens with two attached hydrogens (primary N) is 1. The van der Waals surface area contributed by atoms with E-state index in [2.05, 4.69) is 6.92 Å². The maximum Gasteiger partial charge on any atom is 0.0425 e. The van der Waals surface area contributed by atoms with Gasteiger partial charge in [-0.25, -0.2) is 0 Å². The fourth-order valence-corrected chi connectivity index (χ4v) is 1.31. The molecule has 1 rings (SSSR count). The lowest BCUT2D eigenvalue weighted by Crippen LogP contribution is -1.76. The van der Waals surface area contributed by atoms with Crippen molar-refractivity contribution in [2.45, 2.75) is 13.3 Å². The van der Waals surface area contributed by atoms with Crippen LogP contribution in [0.25, 0.3) is 0 Å². The van der Waals surface area contributed by atoms with Gasteiger partial charge in [0.05, 0.1) is 0 Å². The van der Waals surface area contributed by atoms with Gasteiger partial charge in [0, 0.05) is 15.9 Å². The molecule has 0 bridgehead atoms. The third-order valence-corrected chi connectivity index (χ3v) is 2.12. The first kappa shape index (κ1) is 5.63. The van der Waals surface area contributed by atoms with Crippen LogP contribution in [0.15, 0.2) is 11.4 Å². The van der Waals surface area contributed by atoms with Gasteiger partial charge in [0.25, 0.3) is 0 Å². The first-order chi connectivity index (χ1) is 3.83. The summed E-state index contributed by atoms with van der Waals surface area (Å²) in [6.07, 6.45) is 1.10. The Morgan fingerprint density at radius 2 is 2.50 bits per heavy atom. The van der Waals surface area contributed by atoms with Gasteiger partial charge in [0.1, 0.15) is 0 Å². The highest BCUT2D eigenvalue weighted by molar-refractivity contribution is 7.10. The molecule has 0 aliphatic heterocycles. The molecule has 0 radical (unpaired) electrons. The van der Waals surface area contributed by atoms with Crippen molar-refractivity contribution < 1.29 is 0 Å². The molecule has 44 valence electrons. The molecule has 0 atom stereocenters. The molecule has 1 heterocycles. The molecule has 1 aromatic rings. The van der Waals surface area contributed by atoms with E-state index >= 15 is 0 Å². The second-order valence-corrected chi connectivity index (χ2v) is 2.70. The van der Waals surface area contributed by atoms with E-state index in [1.165, 1.54) is 4.88 Å². The molecule has 2 heteroatoms. The summed E-state index contributed by atoms with van der Waals surface area (Å²) >= 11 is 1.72. The number of anilines is 1. The summed E-state index contributed by atoms with van der Waals surface area (Å²) in [7, 11) is 0. The van der Waals surface area contributed by atoms with Gasteiger partial charge in [-0.1, -0.05) is 6.92 Å². The minimum atomic E-state index is 0.895. The number of hydrogen-bond acceptors (Lipinski definition) is 2. The minimum absolute atomic E-state index is 0.895. The molecular weight excluding hydrogens is 118 g/mol. The molecule has 0 amide bonds.